The molecule has 0 aromatic heterocycles. The molecule has 3 N–H and O–H groups in total. The monoisotopic (exact) mass is 317 g/mol. The Kier molecular flexibility index (Phi) is 5.27. The Bertz CT molecular complexity index is 472. The van der Waals surface area contributed by atoms with Gasteiger partial charge in [-0.1, -0.05) is 12.8 Å². The van der Waals surface area contributed by atoms with E-state index >= 15 is 0 Å². The molecule has 2 fully saturated rings. The van der Waals surface area contributed by atoms with Gasteiger partial charge in [0.1, 0.15) is 0 Å². The number of piperidine rings is 1. The number of nitrogens with two attached hydrogens (primary N) is 1. The van der Waals surface area contributed by atoms with Gasteiger partial charge in [0, 0.05) is 31.1 Å². The van der Waals surface area contributed by atoms with Crippen LogP contribution in [0.2, 0.25) is 0 Å². The van der Waals surface area contributed by atoms with Crippen molar-refractivity contribution in [3.63, 3.8) is 0 Å². The minimum atomic E-state index is -3.22. The van der Waals surface area contributed by atoms with E-state index in [9.17, 15) is 13.2 Å². The number of carbonyl (C=O) groups excluding carboxylic acids is 1. The Morgan fingerprint density at radius 2 is 1.95 bits per heavy atom. The van der Waals surface area contributed by atoms with E-state index in [1.165, 1.54) is 0 Å². The SMILES string of the molecule is CS(=O)(=O)NCC1CCCCN1C(=O)CC1(N)CCCC1. The maximum absolute atomic E-state index is 12.6. The predicted octanol–water partition coefficient (Wildman–Crippen LogP) is 0.578. The molecule has 7 heteroatoms. The quantitative estimate of drug-likeness (QED) is 0.776. The molecule has 1 aliphatic carbocycles. The first-order valence-corrected chi connectivity index (χ1v) is 9.71. The van der Waals surface area contributed by atoms with E-state index in [-0.39, 0.29) is 17.5 Å². The van der Waals surface area contributed by atoms with Crippen LogP contribution in [-0.2, 0) is 14.8 Å². The molecule has 122 valence electrons. The van der Waals surface area contributed by atoms with E-state index in [1.807, 2.05) is 4.90 Å². The van der Waals surface area contributed by atoms with Gasteiger partial charge in [-0.3, -0.25) is 4.79 Å². The summed E-state index contributed by atoms with van der Waals surface area (Å²) in [5.41, 5.74) is 5.95. The third-order valence-electron chi connectivity index (χ3n) is 4.63. The van der Waals surface area contributed by atoms with Crippen molar-refractivity contribution in [3.8, 4) is 0 Å². The number of rotatable bonds is 5. The summed E-state index contributed by atoms with van der Waals surface area (Å²) in [7, 11) is -3.22. The van der Waals surface area contributed by atoms with Crippen LogP contribution in [-0.4, -0.2) is 50.2 Å². The van der Waals surface area contributed by atoms with Crippen molar-refractivity contribution >= 4 is 15.9 Å². The largest absolute Gasteiger partial charge is 0.338 e. The van der Waals surface area contributed by atoms with Gasteiger partial charge in [-0.05, 0) is 32.1 Å². The van der Waals surface area contributed by atoms with Gasteiger partial charge in [-0.2, -0.15) is 0 Å². The summed E-state index contributed by atoms with van der Waals surface area (Å²) in [5.74, 6) is 0.0828. The first-order valence-electron chi connectivity index (χ1n) is 7.82. The van der Waals surface area contributed by atoms with E-state index in [1.54, 1.807) is 0 Å². The van der Waals surface area contributed by atoms with Crippen LogP contribution in [0.3, 0.4) is 0 Å². The van der Waals surface area contributed by atoms with Crippen molar-refractivity contribution in [2.24, 2.45) is 5.73 Å². The number of nitrogens with zero attached hydrogens (tertiary/aromatic N) is 1. The Morgan fingerprint density at radius 1 is 1.29 bits per heavy atom. The lowest BCUT2D eigenvalue weighted by Gasteiger charge is -2.37. The minimum absolute atomic E-state index is 0.0361. The number of hydrogen-bond acceptors (Lipinski definition) is 4. The normalized spacial score (nSPS) is 26.0. The van der Waals surface area contributed by atoms with Crippen molar-refractivity contribution in [3.05, 3.63) is 0 Å². The van der Waals surface area contributed by atoms with Crippen molar-refractivity contribution in [1.82, 2.24) is 9.62 Å². The van der Waals surface area contributed by atoms with Crippen LogP contribution >= 0.6 is 0 Å². The van der Waals surface area contributed by atoms with E-state index in [0.29, 0.717) is 19.5 Å². The van der Waals surface area contributed by atoms with Crippen molar-refractivity contribution in [1.29, 1.82) is 0 Å². The molecule has 6 nitrogen and oxygen atoms in total. The van der Waals surface area contributed by atoms with Crippen molar-refractivity contribution < 1.29 is 13.2 Å². The summed E-state index contributed by atoms with van der Waals surface area (Å²) in [6.07, 6.45) is 8.44. The van der Waals surface area contributed by atoms with E-state index in [0.717, 1.165) is 51.2 Å². The molecule has 0 aromatic carbocycles. The third kappa shape index (κ3) is 4.93. The molecule has 1 unspecified atom stereocenters. The summed E-state index contributed by atoms with van der Waals surface area (Å²) in [4.78, 5) is 14.4. The molecule has 1 aliphatic heterocycles. The zero-order valence-corrected chi connectivity index (χ0v) is 13.6. The fourth-order valence-corrected chi connectivity index (χ4v) is 3.94. The molecule has 1 heterocycles. The molecule has 1 saturated heterocycles. The summed E-state index contributed by atoms with van der Waals surface area (Å²) in [6.45, 7) is 1.02. The number of carbonyl (C=O) groups is 1. The van der Waals surface area contributed by atoms with E-state index < -0.39 is 10.0 Å². The zero-order valence-electron chi connectivity index (χ0n) is 12.8. The molecular formula is C14H27N3O3S. The van der Waals surface area contributed by atoms with Crippen LogP contribution < -0.4 is 10.5 Å². The first-order chi connectivity index (χ1) is 9.79. The molecule has 0 spiro atoms. The third-order valence-corrected chi connectivity index (χ3v) is 5.32. The molecule has 1 amide bonds. The van der Waals surface area contributed by atoms with Crippen LogP contribution in [0, 0.1) is 0 Å². The zero-order chi connectivity index (χ0) is 15.5. The van der Waals surface area contributed by atoms with Crippen molar-refractivity contribution in [2.45, 2.75) is 62.9 Å². The van der Waals surface area contributed by atoms with Gasteiger partial charge in [-0.25, -0.2) is 13.1 Å². The topological polar surface area (TPSA) is 92.5 Å². The van der Waals surface area contributed by atoms with E-state index in [4.69, 9.17) is 5.73 Å². The van der Waals surface area contributed by atoms with Gasteiger partial charge < -0.3 is 10.6 Å². The van der Waals surface area contributed by atoms with Crippen LogP contribution in [0.4, 0.5) is 0 Å². The molecule has 21 heavy (non-hydrogen) atoms. The van der Waals surface area contributed by atoms with Gasteiger partial charge in [0.05, 0.1) is 6.26 Å². The highest BCUT2D eigenvalue weighted by Crippen LogP contribution is 2.31. The molecular weight excluding hydrogens is 290 g/mol. The fourth-order valence-electron chi connectivity index (χ4n) is 3.45. The summed E-state index contributed by atoms with van der Waals surface area (Å²) < 4.78 is 25.0. The van der Waals surface area contributed by atoms with Gasteiger partial charge in [0.25, 0.3) is 0 Å². The van der Waals surface area contributed by atoms with Gasteiger partial charge in [-0.15, -0.1) is 0 Å². The maximum Gasteiger partial charge on any atom is 0.224 e. The van der Waals surface area contributed by atoms with Crippen LogP contribution in [0.1, 0.15) is 51.4 Å². The Balaban J connectivity index is 1.95. The highest BCUT2D eigenvalue weighted by Gasteiger charge is 2.35. The van der Waals surface area contributed by atoms with Crippen molar-refractivity contribution in [2.75, 3.05) is 19.3 Å². The molecule has 1 atom stereocenters. The molecule has 2 aliphatic rings. The highest BCUT2D eigenvalue weighted by atomic mass is 32.2. The van der Waals surface area contributed by atoms with E-state index in [2.05, 4.69) is 4.72 Å². The summed E-state index contributed by atoms with van der Waals surface area (Å²) >= 11 is 0. The molecule has 2 rings (SSSR count). The van der Waals surface area contributed by atoms with Gasteiger partial charge in [0.15, 0.2) is 0 Å². The second-order valence-electron chi connectivity index (χ2n) is 6.60. The lowest BCUT2D eigenvalue weighted by atomic mass is 9.92. The van der Waals surface area contributed by atoms with Crippen LogP contribution in [0.25, 0.3) is 0 Å². The number of hydrogen-bond donors (Lipinski definition) is 2. The van der Waals surface area contributed by atoms with Gasteiger partial charge in [0.2, 0.25) is 15.9 Å². The minimum Gasteiger partial charge on any atom is -0.338 e. The molecule has 0 radical (unpaired) electrons. The number of likely N-dealkylation sites (tertiary alicyclic amines) is 1. The number of sulfonamides is 1. The Morgan fingerprint density at radius 3 is 2.57 bits per heavy atom. The smallest absolute Gasteiger partial charge is 0.224 e. The molecule has 0 aromatic rings. The van der Waals surface area contributed by atoms with Gasteiger partial charge >= 0.3 is 0 Å². The second kappa shape index (κ2) is 6.62. The highest BCUT2D eigenvalue weighted by molar-refractivity contribution is 7.88. The Hall–Kier alpha value is -0.660. The number of amides is 1. The summed E-state index contributed by atoms with van der Waals surface area (Å²) in [6, 6.07) is -0.0361. The standard InChI is InChI=1S/C14H27N3O3S/c1-21(19,20)16-11-12-6-2-5-9-17(12)13(18)10-14(15)7-3-4-8-14/h12,16H,2-11,15H2,1H3. The first kappa shape index (κ1) is 16.7. The van der Waals surface area contributed by atoms with Crippen LogP contribution in [0.15, 0.2) is 0 Å². The predicted molar refractivity (Wildman–Crippen MR) is 82.2 cm³/mol. The van der Waals surface area contributed by atoms with Crippen LogP contribution in [0.5, 0.6) is 0 Å². The average Bonchev–Trinajstić information content (AvgIpc) is 2.82. The number of nitrogens with one attached hydrogen (secondary N) is 1. The Labute approximate surface area is 127 Å². The lowest BCUT2D eigenvalue weighted by Crippen LogP contribution is -2.52. The lowest BCUT2D eigenvalue weighted by molar-refractivity contribution is -0.136. The maximum atomic E-state index is 12.6. The average molecular weight is 317 g/mol. The molecule has 0 bridgehead atoms. The summed E-state index contributed by atoms with van der Waals surface area (Å²) in [5, 5.41) is 0. The fraction of sp³-hybridized carbons (Fsp3) is 0.929. The second-order valence-corrected chi connectivity index (χ2v) is 8.44. The molecule has 1 saturated carbocycles.